The van der Waals surface area contributed by atoms with E-state index in [2.05, 4.69) is 21.3 Å². The number of thiophene rings is 1. The third-order valence-electron chi connectivity index (χ3n) is 4.82. The highest BCUT2D eigenvalue weighted by molar-refractivity contribution is 7.10. The number of carbonyl (C=O) groups excluding carboxylic acids is 1. The van der Waals surface area contributed by atoms with Crippen molar-refractivity contribution in [3.63, 3.8) is 0 Å². The van der Waals surface area contributed by atoms with Crippen molar-refractivity contribution in [3.05, 3.63) is 94.1 Å². The zero-order valence-electron chi connectivity index (χ0n) is 15.0. The molecule has 1 atom stereocenters. The summed E-state index contributed by atoms with van der Waals surface area (Å²) in [7, 11) is 1.62. The third-order valence-corrected chi connectivity index (χ3v) is 5.81. The maximum atomic E-state index is 12.6. The molecular formula is C22H20N2O2S. The predicted molar refractivity (Wildman–Crippen MR) is 107 cm³/mol. The van der Waals surface area contributed by atoms with Crippen molar-refractivity contribution in [3.8, 4) is 5.75 Å². The number of pyridine rings is 1. The number of hydrogen-bond acceptors (Lipinski definition) is 5. The quantitative estimate of drug-likeness (QED) is 0.486. The largest absolute Gasteiger partial charge is 0.497 e. The van der Waals surface area contributed by atoms with Gasteiger partial charge in [-0.05, 0) is 65.4 Å². The van der Waals surface area contributed by atoms with E-state index in [0.29, 0.717) is 5.56 Å². The minimum absolute atomic E-state index is 0.0118. The number of nitrogens with zero attached hydrogens (tertiary/aromatic N) is 2. The first-order valence-corrected chi connectivity index (χ1v) is 9.73. The molecule has 0 saturated carbocycles. The number of carbonyl (C=O) groups is 1. The van der Waals surface area contributed by atoms with Gasteiger partial charge in [-0.15, -0.1) is 11.3 Å². The molecule has 0 fully saturated rings. The van der Waals surface area contributed by atoms with Crippen LogP contribution in [0.15, 0.2) is 72.5 Å². The van der Waals surface area contributed by atoms with E-state index < -0.39 is 0 Å². The Morgan fingerprint density at radius 1 is 1.19 bits per heavy atom. The first kappa shape index (κ1) is 17.5. The van der Waals surface area contributed by atoms with Gasteiger partial charge in [0.1, 0.15) is 5.75 Å². The Hall–Kier alpha value is -2.92. The zero-order chi connectivity index (χ0) is 18.6. The molecule has 1 aliphatic rings. The smallest absolute Gasteiger partial charge is 0.187 e. The van der Waals surface area contributed by atoms with Crippen LogP contribution in [0.2, 0.25) is 0 Å². The molecule has 1 aromatic carbocycles. The Morgan fingerprint density at radius 2 is 1.96 bits per heavy atom. The summed E-state index contributed by atoms with van der Waals surface area (Å²) >= 11 is 1.81. The van der Waals surface area contributed by atoms with Gasteiger partial charge in [-0.3, -0.25) is 9.78 Å². The molecular weight excluding hydrogens is 356 g/mol. The lowest BCUT2D eigenvalue weighted by Crippen LogP contribution is -2.31. The topological polar surface area (TPSA) is 42.4 Å². The maximum absolute atomic E-state index is 12.6. The summed E-state index contributed by atoms with van der Waals surface area (Å²) in [5.41, 5.74) is 3.16. The van der Waals surface area contributed by atoms with Gasteiger partial charge < -0.3 is 9.64 Å². The summed E-state index contributed by atoms with van der Waals surface area (Å²) in [6.07, 6.45) is 8.22. The van der Waals surface area contributed by atoms with E-state index in [-0.39, 0.29) is 11.8 Å². The van der Waals surface area contributed by atoms with E-state index in [0.717, 1.165) is 18.7 Å². The number of methoxy groups -OCH3 is 1. The number of aromatic nitrogens is 1. The van der Waals surface area contributed by atoms with Crippen molar-refractivity contribution < 1.29 is 9.53 Å². The van der Waals surface area contributed by atoms with Crippen molar-refractivity contribution in [1.82, 2.24) is 9.88 Å². The second kappa shape index (κ2) is 7.76. The van der Waals surface area contributed by atoms with Crippen LogP contribution in [0.1, 0.15) is 32.4 Å². The van der Waals surface area contributed by atoms with Gasteiger partial charge in [0.25, 0.3) is 0 Å². The lowest BCUT2D eigenvalue weighted by Gasteiger charge is -2.35. The highest BCUT2D eigenvalue weighted by Gasteiger charge is 2.27. The number of allylic oxidation sites excluding steroid dienone is 1. The molecule has 3 aromatic rings. The molecule has 1 aliphatic heterocycles. The molecule has 0 N–H and O–H groups in total. The van der Waals surface area contributed by atoms with Crippen molar-refractivity contribution in [2.24, 2.45) is 0 Å². The molecule has 0 aliphatic carbocycles. The zero-order valence-corrected chi connectivity index (χ0v) is 15.9. The Labute approximate surface area is 162 Å². The van der Waals surface area contributed by atoms with Crippen LogP contribution in [0.25, 0.3) is 0 Å². The van der Waals surface area contributed by atoms with Gasteiger partial charge in [-0.2, -0.15) is 0 Å². The van der Waals surface area contributed by atoms with Crippen LogP contribution in [0, 0.1) is 0 Å². The molecule has 4 rings (SSSR count). The molecule has 0 saturated heterocycles. The number of rotatable bonds is 5. The van der Waals surface area contributed by atoms with Gasteiger partial charge in [0.15, 0.2) is 5.78 Å². The van der Waals surface area contributed by atoms with Gasteiger partial charge in [0.05, 0.1) is 13.2 Å². The highest BCUT2D eigenvalue weighted by atomic mass is 32.1. The standard InChI is InChI=1S/C22H20N2O2S/c1-26-18-4-2-16(3-5-18)20(25)8-13-24-14-9-21-19(10-15-27-21)22(24)17-6-11-23-12-7-17/h2-8,10-13,15,22H,9,14H2,1H3. The van der Waals surface area contributed by atoms with Crippen LogP contribution in [-0.4, -0.2) is 29.3 Å². The second-order valence-corrected chi connectivity index (χ2v) is 7.38. The van der Waals surface area contributed by atoms with Crippen LogP contribution < -0.4 is 4.74 Å². The fourth-order valence-corrected chi connectivity index (χ4v) is 4.33. The maximum Gasteiger partial charge on any atom is 0.187 e. The summed E-state index contributed by atoms with van der Waals surface area (Å²) in [6, 6.07) is 13.6. The average Bonchev–Trinajstić information content (AvgIpc) is 3.21. The number of ether oxygens (including phenoxy) is 1. The number of fused-ring (bicyclic) bond motifs is 1. The minimum atomic E-state index is -0.0118. The van der Waals surface area contributed by atoms with Crippen LogP contribution in [-0.2, 0) is 6.42 Å². The van der Waals surface area contributed by atoms with E-state index in [1.165, 1.54) is 16.0 Å². The molecule has 3 heterocycles. The third kappa shape index (κ3) is 3.64. The summed E-state index contributed by atoms with van der Waals surface area (Å²) in [6.45, 7) is 0.882. The van der Waals surface area contributed by atoms with Crippen molar-refractivity contribution in [2.75, 3.05) is 13.7 Å². The van der Waals surface area contributed by atoms with Crippen molar-refractivity contribution >= 4 is 17.1 Å². The fraction of sp³-hybridized carbons (Fsp3) is 0.182. The van der Waals surface area contributed by atoms with Crippen molar-refractivity contribution in [2.45, 2.75) is 12.5 Å². The Bertz CT molecular complexity index is 948. The molecule has 1 unspecified atom stereocenters. The van der Waals surface area contributed by atoms with E-state index in [9.17, 15) is 4.79 Å². The average molecular weight is 376 g/mol. The summed E-state index contributed by atoms with van der Waals surface area (Å²) in [5.74, 6) is 0.733. The van der Waals surface area contributed by atoms with Crippen molar-refractivity contribution in [1.29, 1.82) is 0 Å². The van der Waals surface area contributed by atoms with Gasteiger partial charge in [-0.25, -0.2) is 0 Å². The lowest BCUT2D eigenvalue weighted by atomic mass is 9.94. The van der Waals surface area contributed by atoms with Crippen LogP contribution in [0.5, 0.6) is 5.75 Å². The first-order chi connectivity index (χ1) is 13.3. The molecule has 0 radical (unpaired) electrons. The first-order valence-electron chi connectivity index (χ1n) is 8.85. The number of ketones is 1. The van der Waals surface area contributed by atoms with Crippen LogP contribution >= 0.6 is 11.3 Å². The highest BCUT2D eigenvalue weighted by Crippen LogP contribution is 2.37. The Balaban J connectivity index is 1.59. The molecule has 5 heteroatoms. The van der Waals surface area contributed by atoms with Crippen LogP contribution in [0.3, 0.4) is 0 Å². The summed E-state index contributed by atoms with van der Waals surface area (Å²) in [4.78, 5) is 20.4. The van der Waals surface area contributed by atoms with Gasteiger partial charge in [-0.1, -0.05) is 0 Å². The molecule has 0 bridgehead atoms. The normalized spacial score (nSPS) is 16.3. The van der Waals surface area contributed by atoms with E-state index in [1.54, 1.807) is 48.8 Å². The molecule has 2 aromatic heterocycles. The molecule has 0 spiro atoms. The number of benzene rings is 1. The second-order valence-electron chi connectivity index (χ2n) is 6.38. The van der Waals surface area contributed by atoms with Gasteiger partial charge >= 0.3 is 0 Å². The molecule has 0 amide bonds. The van der Waals surface area contributed by atoms with Crippen LogP contribution in [0.4, 0.5) is 0 Å². The molecule has 27 heavy (non-hydrogen) atoms. The number of hydrogen-bond donors (Lipinski definition) is 0. The summed E-state index contributed by atoms with van der Waals surface area (Å²) in [5, 5.41) is 2.15. The summed E-state index contributed by atoms with van der Waals surface area (Å²) < 4.78 is 5.15. The lowest BCUT2D eigenvalue weighted by molar-refractivity contribution is 0.104. The Morgan fingerprint density at radius 3 is 2.70 bits per heavy atom. The van der Waals surface area contributed by atoms with Gasteiger partial charge in [0.2, 0.25) is 0 Å². The molecule has 136 valence electrons. The molecule has 4 nitrogen and oxygen atoms in total. The SMILES string of the molecule is COc1ccc(C(=O)C=CN2CCc3sccc3C2c2ccncc2)cc1. The minimum Gasteiger partial charge on any atom is -0.497 e. The fourth-order valence-electron chi connectivity index (χ4n) is 3.43. The monoisotopic (exact) mass is 376 g/mol. The van der Waals surface area contributed by atoms with E-state index >= 15 is 0 Å². The Kier molecular flexibility index (Phi) is 5.03. The predicted octanol–water partition coefficient (Wildman–Crippen LogP) is 4.50. The van der Waals surface area contributed by atoms with Gasteiger partial charge in [0, 0.05) is 41.7 Å². The van der Waals surface area contributed by atoms with E-state index in [4.69, 9.17) is 4.74 Å². The van der Waals surface area contributed by atoms with E-state index in [1.807, 2.05) is 30.7 Å².